The highest BCUT2D eigenvalue weighted by molar-refractivity contribution is 5.00. The second-order valence-electron chi connectivity index (χ2n) is 5.98. The molecule has 20 heavy (non-hydrogen) atoms. The summed E-state index contributed by atoms with van der Waals surface area (Å²) in [5.41, 5.74) is -0.496. The molecule has 2 aliphatic rings. The fraction of sp³-hybridized carbons (Fsp3) is 0.857. The molecular formula is C14H25NO5. The number of hydrogen-bond donors (Lipinski definition) is 2. The van der Waals surface area contributed by atoms with Crippen molar-refractivity contribution in [3.63, 3.8) is 0 Å². The molecule has 0 spiro atoms. The fourth-order valence-electron chi connectivity index (χ4n) is 2.85. The summed E-state index contributed by atoms with van der Waals surface area (Å²) in [5.74, 6) is 0.243. The number of hydrogen-bond acceptors (Lipinski definition) is 6. The Morgan fingerprint density at radius 1 is 1.45 bits per heavy atom. The molecule has 0 aromatic heterocycles. The lowest BCUT2D eigenvalue weighted by Crippen LogP contribution is -2.55. The van der Waals surface area contributed by atoms with Crippen LogP contribution in [0.15, 0.2) is 12.7 Å². The molecule has 6 nitrogen and oxygen atoms in total. The molecule has 0 radical (unpaired) electrons. The van der Waals surface area contributed by atoms with E-state index in [1.807, 2.05) is 18.9 Å². The quantitative estimate of drug-likeness (QED) is 0.640. The summed E-state index contributed by atoms with van der Waals surface area (Å²) in [5, 5.41) is 20.9. The highest BCUT2D eigenvalue weighted by Crippen LogP contribution is 2.38. The first-order valence-corrected chi connectivity index (χ1v) is 7.03. The Kier molecular flexibility index (Phi) is 5.17. The Morgan fingerprint density at radius 3 is 2.80 bits per heavy atom. The first kappa shape index (κ1) is 15.9. The number of fused-ring (bicyclic) bond motifs is 1. The number of hydroxylamine groups is 2. The van der Waals surface area contributed by atoms with Crippen LogP contribution in [-0.2, 0) is 14.3 Å². The third-order valence-electron chi connectivity index (χ3n) is 3.98. The van der Waals surface area contributed by atoms with E-state index in [1.165, 1.54) is 0 Å². The van der Waals surface area contributed by atoms with Crippen molar-refractivity contribution in [2.45, 2.75) is 37.6 Å². The summed E-state index contributed by atoms with van der Waals surface area (Å²) in [6.45, 7) is 8.85. The minimum absolute atomic E-state index is 0.0136. The van der Waals surface area contributed by atoms with Gasteiger partial charge in [-0.25, -0.2) is 0 Å². The zero-order valence-electron chi connectivity index (χ0n) is 12.2. The van der Waals surface area contributed by atoms with E-state index in [0.717, 1.165) is 0 Å². The molecule has 0 unspecified atom stereocenters. The third-order valence-corrected chi connectivity index (χ3v) is 3.98. The van der Waals surface area contributed by atoms with Crippen LogP contribution in [-0.4, -0.2) is 72.1 Å². The van der Waals surface area contributed by atoms with Crippen LogP contribution in [0.2, 0.25) is 0 Å². The van der Waals surface area contributed by atoms with Gasteiger partial charge in [0.1, 0.15) is 12.2 Å². The molecule has 0 amide bonds. The maximum absolute atomic E-state index is 9.54. The molecule has 2 aliphatic heterocycles. The second-order valence-corrected chi connectivity index (χ2v) is 5.98. The number of rotatable bonds is 7. The third kappa shape index (κ3) is 2.90. The minimum atomic E-state index is -0.496. The normalized spacial score (nSPS) is 32.3. The maximum atomic E-state index is 9.54. The van der Waals surface area contributed by atoms with Crippen LogP contribution >= 0.6 is 0 Å². The Hall–Kier alpha value is -0.500. The van der Waals surface area contributed by atoms with Gasteiger partial charge < -0.3 is 19.7 Å². The average molecular weight is 287 g/mol. The standard InChI is InChI=1S/C14H25NO5/c1-4-5-18-11(6-16)13-12-10(7-19-13)8-20-15(12)14(2,3)9-17/h4,10-13,16-17H,1,5-9H2,2-3H3/t10-,11+,12+,13-/m1/s1. The SMILES string of the molecule is C=CCO[C@@H](CO)[C@H]1OC[C@@H]2CON(C(C)(C)CO)[C@@H]21. The van der Waals surface area contributed by atoms with Gasteiger partial charge in [-0.3, -0.25) is 4.84 Å². The maximum Gasteiger partial charge on any atom is 0.109 e. The van der Waals surface area contributed by atoms with Gasteiger partial charge in [0.15, 0.2) is 0 Å². The van der Waals surface area contributed by atoms with Gasteiger partial charge in [0, 0.05) is 5.92 Å². The summed E-state index contributed by atoms with van der Waals surface area (Å²) >= 11 is 0. The molecular weight excluding hydrogens is 262 g/mol. The molecule has 6 heteroatoms. The van der Waals surface area contributed by atoms with Crippen molar-refractivity contribution in [2.75, 3.05) is 33.0 Å². The van der Waals surface area contributed by atoms with Gasteiger partial charge in [-0.1, -0.05) is 6.08 Å². The van der Waals surface area contributed by atoms with Crippen molar-refractivity contribution >= 4 is 0 Å². The van der Waals surface area contributed by atoms with E-state index < -0.39 is 11.6 Å². The predicted octanol–water partition coefficient (Wildman–Crippen LogP) is -0.0484. The molecule has 0 aliphatic carbocycles. The summed E-state index contributed by atoms with van der Waals surface area (Å²) in [6, 6.07) is -0.0147. The van der Waals surface area contributed by atoms with E-state index in [-0.39, 0.29) is 31.3 Å². The summed E-state index contributed by atoms with van der Waals surface area (Å²) in [4.78, 5) is 5.74. The lowest BCUT2D eigenvalue weighted by Gasteiger charge is -2.39. The largest absolute Gasteiger partial charge is 0.394 e. The molecule has 116 valence electrons. The number of nitrogens with zero attached hydrogens (tertiary/aromatic N) is 1. The highest BCUT2D eigenvalue weighted by atomic mass is 16.7. The lowest BCUT2D eigenvalue weighted by molar-refractivity contribution is -0.227. The van der Waals surface area contributed by atoms with Crippen LogP contribution in [0.4, 0.5) is 0 Å². The predicted molar refractivity (Wildman–Crippen MR) is 73.0 cm³/mol. The van der Waals surface area contributed by atoms with Crippen LogP contribution in [0.25, 0.3) is 0 Å². The van der Waals surface area contributed by atoms with E-state index in [9.17, 15) is 10.2 Å². The second kappa shape index (κ2) is 6.51. The van der Waals surface area contributed by atoms with Gasteiger partial charge in [0.05, 0.1) is 44.6 Å². The zero-order chi connectivity index (χ0) is 14.8. The van der Waals surface area contributed by atoms with Gasteiger partial charge in [0.25, 0.3) is 0 Å². The number of aliphatic hydroxyl groups excluding tert-OH is 2. The molecule has 4 atom stereocenters. The van der Waals surface area contributed by atoms with Crippen molar-refractivity contribution in [1.82, 2.24) is 5.06 Å². The lowest BCUT2D eigenvalue weighted by atomic mass is 9.93. The summed E-state index contributed by atoms with van der Waals surface area (Å²) in [7, 11) is 0. The average Bonchev–Trinajstić information content (AvgIpc) is 3.02. The zero-order valence-corrected chi connectivity index (χ0v) is 12.2. The Morgan fingerprint density at radius 2 is 2.20 bits per heavy atom. The van der Waals surface area contributed by atoms with Gasteiger partial charge in [-0.05, 0) is 13.8 Å². The molecule has 2 fully saturated rings. The molecule has 0 saturated carbocycles. The molecule has 0 aromatic rings. The fourth-order valence-corrected chi connectivity index (χ4v) is 2.85. The topological polar surface area (TPSA) is 71.4 Å². The van der Waals surface area contributed by atoms with Crippen molar-refractivity contribution in [2.24, 2.45) is 5.92 Å². The van der Waals surface area contributed by atoms with Gasteiger partial charge in [-0.15, -0.1) is 6.58 Å². The van der Waals surface area contributed by atoms with E-state index in [0.29, 0.717) is 19.8 Å². The first-order valence-electron chi connectivity index (χ1n) is 7.03. The first-order chi connectivity index (χ1) is 9.55. The minimum Gasteiger partial charge on any atom is -0.394 e. The molecule has 2 saturated heterocycles. The van der Waals surface area contributed by atoms with E-state index in [1.54, 1.807) is 6.08 Å². The van der Waals surface area contributed by atoms with Crippen LogP contribution in [0.1, 0.15) is 13.8 Å². The molecule has 2 heterocycles. The Balaban J connectivity index is 2.12. The molecule has 2 N–H and O–H groups in total. The van der Waals surface area contributed by atoms with Gasteiger partial charge in [0.2, 0.25) is 0 Å². The van der Waals surface area contributed by atoms with Crippen molar-refractivity contribution in [3.8, 4) is 0 Å². The van der Waals surface area contributed by atoms with Crippen LogP contribution < -0.4 is 0 Å². The van der Waals surface area contributed by atoms with Crippen molar-refractivity contribution in [3.05, 3.63) is 12.7 Å². The van der Waals surface area contributed by atoms with Crippen LogP contribution in [0, 0.1) is 5.92 Å². The Labute approximate surface area is 119 Å². The number of ether oxygens (including phenoxy) is 2. The summed E-state index contributed by atoms with van der Waals surface area (Å²) < 4.78 is 11.4. The number of aliphatic hydroxyl groups is 2. The van der Waals surface area contributed by atoms with Crippen LogP contribution in [0.5, 0.6) is 0 Å². The Bertz CT molecular complexity index is 336. The van der Waals surface area contributed by atoms with Crippen molar-refractivity contribution < 1.29 is 24.5 Å². The van der Waals surface area contributed by atoms with Gasteiger partial charge in [-0.2, -0.15) is 5.06 Å². The van der Waals surface area contributed by atoms with E-state index in [2.05, 4.69) is 6.58 Å². The van der Waals surface area contributed by atoms with E-state index in [4.69, 9.17) is 14.3 Å². The van der Waals surface area contributed by atoms with Crippen molar-refractivity contribution in [1.29, 1.82) is 0 Å². The highest BCUT2D eigenvalue weighted by Gasteiger charge is 2.53. The molecule has 0 aromatic carbocycles. The van der Waals surface area contributed by atoms with E-state index >= 15 is 0 Å². The smallest absolute Gasteiger partial charge is 0.109 e. The molecule has 0 bridgehead atoms. The molecule has 2 rings (SSSR count). The van der Waals surface area contributed by atoms with Crippen LogP contribution in [0.3, 0.4) is 0 Å². The van der Waals surface area contributed by atoms with Gasteiger partial charge >= 0.3 is 0 Å². The summed E-state index contributed by atoms with van der Waals surface area (Å²) in [6.07, 6.45) is 0.968. The monoisotopic (exact) mass is 287 g/mol.